The van der Waals surface area contributed by atoms with Gasteiger partial charge in [-0.25, -0.2) is 0 Å². The van der Waals surface area contributed by atoms with Crippen molar-refractivity contribution in [2.45, 2.75) is 44.6 Å². The van der Waals surface area contributed by atoms with Gasteiger partial charge in [-0.15, -0.1) is 0 Å². The van der Waals surface area contributed by atoms with E-state index in [9.17, 15) is 5.11 Å². The minimum atomic E-state index is -1.11. The molecule has 0 aromatic heterocycles. The normalized spacial score (nSPS) is 56.8. The van der Waals surface area contributed by atoms with Crippen LogP contribution in [0.1, 0.15) is 13.3 Å². The van der Waals surface area contributed by atoms with Gasteiger partial charge in [0.25, 0.3) is 13.0 Å². The van der Waals surface area contributed by atoms with Crippen LogP contribution in [-0.2, 0) is 18.9 Å². The summed E-state index contributed by atoms with van der Waals surface area (Å²) < 4.78 is 20.8. The molecule has 0 radical (unpaired) electrons. The molecular weight excluding hydrogens is 216 g/mol. The van der Waals surface area contributed by atoms with Crippen LogP contribution in [0, 0.1) is 11.8 Å². The number of aliphatic hydroxyl groups is 2. The Morgan fingerprint density at radius 2 is 1.75 bits per heavy atom. The van der Waals surface area contributed by atoms with E-state index in [0.29, 0.717) is 6.61 Å². The lowest BCUT2D eigenvalue weighted by Gasteiger charge is -2.23. The molecule has 3 aliphatic rings. The van der Waals surface area contributed by atoms with Crippen molar-refractivity contribution in [3.8, 4) is 0 Å². The maximum atomic E-state index is 9.21. The van der Waals surface area contributed by atoms with Crippen molar-refractivity contribution in [1.29, 1.82) is 0 Å². The highest BCUT2D eigenvalue weighted by Crippen LogP contribution is 2.43. The van der Waals surface area contributed by atoms with Crippen LogP contribution in [0.25, 0.3) is 0 Å². The summed E-state index contributed by atoms with van der Waals surface area (Å²) in [6, 6.07) is 0. The molecule has 0 spiro atoms. The summed E-state index contributed by atoms with van der Waals surface area (Å²) in [6.45, 7) is 0.248. The molecular formula is C10H16O6. The van der Waals surface area contributed by atoms with Gasteiger partial charge in [0, 0.05) is 0 Å². The van der Waals surface area contributed by atoms with Gasteiger partial charge in [-0.1, -0.05) is 6.92 Å². The molecule has 1 saturated carbocycles. The molecule has 0 aromatic carbocycles. The number of hydrogen-bond donors (Lipinski definition) is 2. The van der Waals surface area contributed by atoms with Crippen molar-refractivity contribution in [1.82, 2.24) is 0 Å². The Morgan fingerprint density at radius 3 is 2.38 bits per heavy atom. The van der Waals surface area contributed by atoms with Crippen LogP contribution in [0.2, 0.25) is 0 Å². The van der Waals surface area contributed by atoms with Gasteiger partial charge in [-0.2, -0.15) is 0 Å². The molecule has 3 rings (SSSR count). The largest absolute Gasteiger partial charge is 0.346 e. The summed E-state index contributed by atoms with van der Waals surface area (Å²) in [5, 5.41) is 18.4. The van der Waals surface area contributed by atoms with Crippen LogP contribution in [0.3, 0.4) is 0 Å². The highest BCUT2D eigenvalue weighted by atomic mass is 16.8. The van der Waals surface area contributed by atoms with Gasteiger partial charge in [0.05, 0.1) is 24.9 Å². The monoisotopic (exact) mass is 232 g/mol. The Balaban J connectivity index is 1.67. The molecule has 92 valence electrons. The van der Waals surface area contributed by atoms with Gasteiger partial charge in [0.1, 0.15) is 0 Å². The Kier molecular flexibility index (Phi) is 2.66. The molecule has 0 amide bonds. The number of ether oxygens (including phenoxy) is 4. The van der Waals surface area contributed by atoms with E-state index >= 15 is 0 Å². The van der Waals surface area contributed by atoms with Gasteiger partial charge in [-0.3, -0.25) is 0 Å². The molecule has 7 atom stereocenters. The summed E-state index contributed by atoms with van der Waals surface area (Å²) in [6.07, 6.45) is 0.501. The molecule has 0 bridgehead atoms. The van der Waals surface area contributed by atoms with Crippen molar-refractivity contribution in [3.05, 3.63) is 0 Å². The number of aliphatic hydroxyl groups excluding tert-OH is 2. The molecule has 2 aliphatic heterocycles. The van der Waals surface area contributed by atoms with E-state index < -0.39 is 13.0 Å². The molecule has 2 N–H and O–H groups in total. The van der Waals surface area contributed by atoms with Crippen molar-refractivity contribution < 1.29 is 29.2 Å². The zero-order valence-electron chi connectivity index (χ0n) is 8.98. The van der Waals surface area contributed by atoms with Gasteiger partial charge in [0.2, 0.25) is 0 Å². The van der Waals surface area contributed by atoms with E-state index in [1.165, 1.54) is 0 Å². The summed E-state index contributed by atoms with van der Waals surface area (Å²) in [5.41, 5.74) is 0. The minimum absolute atomic E-state index is 0.0728. The van der Waals surface area contributed by atoms with Gasteiger partial charge in [0.15, 0.2) is 0 Å². The maximum Gasteiger partial charge on any atom is 0.269 e. The van der Waals surface area contributed by atoms with E-state index in [0.717, 1.165) is 6.42 Å². The van der Waals surface area contributed by atoms with E-state index in [1.54, 1.807) is 0 Å². The van der Waals surface area contributed by atoms with E-state index in [4.69, 9.17) is 24.1 Å². The molecule has 2 saturated heterocycles. The fourth-order valence-electron chi connectivity index (χ4n) is 2.98. The van der Waals surface area contributed by atoms with Crippen LogP contribution in [0.4, 0.5) is 0 Å². The van der Waals surface area contributed by atoms with Crippen LogP contribution >= 0.6 is 0 Å². The summed E-state index contributed by atoms with van der Waals surface area (Å²) in [4.78, 5) is 0. The Labute approximate surface area is 93.0 Å². The Hall–Kier alpha value is -0.240. The molecule has 16 heavy (non-hydrogen) atoms. The smallest absolute Gasteiger partial charge is 0.269 e. The van der Waals surface area contributed by atoms with Gasteiger partial charge < -0.3 is 29.2 Å². The number of rotatable bonds is 1. The Bertz CT molecular complexity index is 272. The third kappa shape index (κ3) is 1.66. The van der Waals surface area contributed by atoms with Crippen molar-refractivity contribution in [2.75, 3.05) is 6.61 Å². The van der Waals surface area contributed by atoms with Crippen LogP contribution in [0.15, 0.2) is 0 Å². The first-order valence-electron chi connectivity index (χ1n) is 5.59. The second-order valence-corrected chi connectivity index (χ2v) is 4.66. The lowest BCUT2D eigenvalue weighted by atomic mass is 9.92. The van der Waals surface area contributed by atoms with Crippen molar-refractivity contribution in [3.63, 3.8) is 0 Å². The third-order valence-electron chi connectivity index (χ3n) is 3.80. The van der Waals surface area contributed by atoms with Crippen LogP contribution < -0.4 is 0 Å². The second-order valence-electron chi connectivity index (χ2n) is 4.66. The van der Waals surface area contributed by atoms with Crippen molar-refractivity contribution >= 4 is 0 Å². The Morgan fingerprint density at radius 1 is 1.00 bits per heavy atom. The molecule has 0 aromatic rings. The van der Waals surface area contributed by atoms with Crippen LogP contribution in [0.5, 0.6) is 0 Å². The standard InChI is InChI=1S/C10H16O6/c1-4-5(7-3-13-9(11)15-7)2-6-8(4)16-10(12)14-6/h4-12H,2-3H2,1H3/t4-,5?,6+,7?,8-,9?,10?/m0/s1. The highest BCUT2D eigenvalue weighted by Gasteiger charge is 2.52. The summed E-state index contributed by atoms with van der Waals surface area (Å²) >= 11 is 0. The second kappa shape index (κ2) is 3.90. The third-order valence-corrected chi connectivity index (χ3v) is 3.80. The zero-order valence-corrected chi connectivity index (χ0v) is 8.98. The first kappa shape index (κ1) is 10.9. The molecule has 4 unspecified atom stereocenters. The molecule has 1 aliphatic carbocycles. The fourth-order valence-corrected chi connectivity index (χ4v) is 2.98. The van der Waals surface area contributed by atoms with Crippen molar-refractivity contribution in [2.24, 2.45) is 11.8 Å². The fraction of sp³-hybridized carbons (Fsp3) is 1.00. The molecule has 6 heteroatoms. The summed E-state index contributed by atoms with van der Waals surface area (Å²) in [7, 11) is 0. The SMILES string of the molecule is C[C@H]1C(C2COC(O)O2)C[C@H]2OC(O)O[C@H]21. The van der Waals surface area contributed by atoms with E-state index in [2.05, 4.69) is 0 Å². The quantitative estimate of drug-likeness (QED) is 0.628. The average molecular weight is 232 g/mol. The minimum Gasteiger partial charge on any atom is -0.346 e. The predicted molar refractivity (Wildman–Crippen MR) is 49.9 cm³/mol. The van der Waals surface area contributed by atoms with E-state index in [-0.39, 0.29) is 30.1 Å². The zero-order chi connectivity index (χ0) is 11.3. The predicted octanol–water partition coefficient (Wildman–Crippen LogP) is -0.606. The lowest BCUT2D eigenvalue weighted by Crippen LogP contribution is -2.30. The summed E-state index contributed by atoms with van der Waals surface area (Å²) in [5.74, 6) is 0.459. The molecule has 3 fully saturated rings. The van der Waals surface area contributed by atoms with Crippen LogP contribution in [-0.4, -0.2) is 48.1 Å². The topological polar surface area (TPSA) is 77.4 Å². The molecule has 6 nitrogen and oxygen atoms in total. The number of fused-ring (bicyclic) bond motifs is 1. The maximum absolute atomic E-state index is 9.21. The van der Waals surface area contributed by atoms with Gasteiger partial charge in [-0.05, 0) is 18.3 Å². The first-order chi connectivity index (χ1) is 7.65. The van der Waals surface area contributed by atoms with Gasteiger partial charge >= 0.3 is 0 Å². The first-order valence-corrected chi connectivity index (χ1v) is 5.59. The lowest BCUT2D eigenvalue weighted by molar-refractivity contribution is -0.227. The van der Waals surface area contributed by atoms with E-state index in [1.807, 2.05) is 6.92 Å². The average Bonchev–Trinajstić information content (AvgIpc) is 2.85. The highest BCUT2D eigenvalue weighted by molar-refractivity contribution is 4.96. The number of hydrogen-bond acceptors (Lipinski definition) is 6. The molecule has 2 heterocycles.